The van der Waals surface area contributed by atoms with E-state index in [1.165, 1.54) is 48.2 Å². The lowest BCUT2D eigenvalue weighted by molar-refractivity contribution is 0.409. The Hall–Kier alpha value is -1.76. The van der Waals surface area contributed by atoms with Crippen LogP contribution in [-0.2, 0) is 6.42 Å². The van der Waals surface area contributed by atoms with Crippen molar-refractivity contribution < 1.29 is 0 Å². The van der Waals surface area contributed by atoms with Gasteiger partial charge in [-0.05, 0) is 42.0 Å². The maximum Gasteiger partial charge on any atom is 0.0451 e. The van der Waals surface area contributed by atoms with E-state index in [1.807, 2.05) is 27.7 Å². The van der Waals surface area contributed by atoms with E-state index in [1.54, 1.807) is 5.57 Å². The second-order valence-electron chi connectivity index (χ2n) is 5.36. The van der Waals surface area contributed by atoms with Crippen LogP contribution in [-0.4, -0.2) is 18.0 Å². The Kier molecular flexibility index (Phi) is 6.06. The third kappa shape index (κ3) is 3.19. The molecule has 2 aliphatic heterocycles. The summed E-state index contributed by atoms with van der Waals surface area (Å²) in [5, 5.41) is 0. The summed E-state index contributed by atoms with van der Waals surface area (Å²) in [6.07, 6.45) is 10.7. The van der Waals surface area contributed by atoms with Crippen LogP contribution in [0, 0.1) is 0 Å². The molecule has 2 heterocycles. The summed E-state index contributed by atoms with van der Waals surface area (Å²) in [5.74, 6) is 0. The minimum atomic E-state index is 1.14. The van der Waals surface area contributed by atoms with Gasteiger partial charge in [-0.15, -0.1) is 0 Å². The molecular formula is C21H29N. The standard InChI is InChI=1S/C17H17N.2C2H6/c1-2-7-15-12-18-10-9-13-5-3-4-8-16(13)17(18)11-14(15)6-1;2*1-2/h1,3-6,8,11H,2,7,9-10,12H2;2*1-2H3. The number of hydrogen-bond donors (Lipinski definition) is 0. The van der Waals surface area contributed by atoms with Crippen LogP contribution in [0.1, 0.15) is 51.7 Å². The lowest BCUT2D eigenvalue weighted by Gasteiger charge is -2.38. The highest BCUT2D eigenvalue weighted by Gasteiger charge is 2.25. The van der Waals surface area contributed by atoms with E-state index in [0.717, 1.165) is 6.54 Å². The predicted molar refractivity (Wildman–Crippen MR) is 97.8 cm³/mol. The van der Waals surface area contributed by atoms with Crippen molar-refractivity contribution >= 4 is 5.70 Å². The van der Waals surface area contributed by atoms with Gasteiger partial charge in [0, 0.05) is 24.4 Å². The van der Waals surface area contributed by atoms with Gasteiger partial charge in [-0.2, -0.15) is 0 Å². The highest BCUT2D eigenvalue weighted by atomic mass is 15.1. The zero-order valence-electron chi connectivity index (χ0n) is 14.5. The SMILES string of the molecule is C1=CC2=C(CC1)CN1CCc3ccccc3C1=C2.CC.CC. The second-order valence-corrected chi connectivity index (χ2v) is 5.36. The molecule has 0 unspecified atom stereocenters. The van der Waals surface area contributed by atoms with Crippen LogP contribution < -0.4 is 0 Å². The van der Waals surface area contributed by atoms with Crippen molar-refractivity contribution in [3.63, 3.8) is 0 Å². The molecule has 0 bridgehead atoms. The van der Waals surface area contributed by atoms with E-state index < -0.39 is 0 Å². The fraction of sp³-hybridized carbons (Fsp3) is 0.429. The fourth-order valence-corrected chi connectivity index (χ4v) is 3.30. The number of fused-ring (bicyclic) bond motifs is 3. The Morgan fingerprint density at radius 3 is 2.55 bits per heavy atom. The molecule has 3 aliphatic rings. The smallest absolute Gasteiger partial charge is 0.0451 e. The van der Waals surface area contributed by atoms with E-state index in [0.29, 0.717) is 0 Å². The monoisotopic (exact) mass is 295 g/mol. The van der Waals surface area contributed by atoms with Crippen LogP contribution in [0.4, 0.5) is 0 Å². The van der Waals surface area contributed by atoms with Gasteiger partial charge in [-0.3, -0.25) is 0 Å². The Bertz CT molecular complexity index is 590. The first-order valence-electron chi connectivity index (χ1n) is 8.85. The molecule has 118 valence electrons. The van der Waals surface area contributed by atoms with Crippen LogP contribution in [0.25, 0.3) is 5.70 Å². The summed E-state index contributed by atoms with van der Waals surface area (Å²) in [6.45, 7) is 10.3. The topological polar surface area (TPSA) is 3.24 Å². The van der Waals surface area contributed by atoms with E-state index in [9.17, 15) is 0 Å². The number of benzene rings is 1. The molecule has 1 nitrogen and oxygen atoms in total. The molecule has 0 saturated carbocycles. The van der Waals surface area contributed by atoms with Crippen molar-refractivity contribution in [3.05, 3.63) is 64.8 Å². The molecular weight excluding hydrogens is 266 g/mol. The molecule has 1 aromatic carbocycles. The lowest BCUT2D eigenvalue weighted by Crippen LogP contribution is -2.33. The minimum Gasteiger partial charge on any atom is -0.367 e. The van der Waals surface area contributed by atoms with Gasteiger partial charge in [-0.25, -0.2) is 0 Å². The van der Waals surface area contributed by atoms with Crippen LogP contribution in [0.3, 0.4) is 0 Å². The Morgan fingerprint density at radius 1 is 0.955 bits per heavy atom. The Balaban J connectivity index is 0.000000410. The molecule has 0 radical (unpaired) electrons. The highest BCUT2D eigenvalue weighted by molar-refractivity contribution is 5.74. The van der Waals surface area contributed by atoms with Gasteiger partial charge in [0.25, 0.3) is 0 Å². The van der Waals surface area contributed by atoms with E-state index in [4.69, 9.17) is 0 Å². The molecule has 1 aliphatic carbocycles. The molecule has 0 atom stereocenters. The van der Waals surface area contributed by atoms with Crippen LogP contribution in [0.5, 0.6) is 0 Å². The minimum absolute atomic E-state index is 1.14. The van der Waals surface area contributed by atoms with Crippen LogP contribution in [0.2, 0.25) is 0 Å². The van der Waals surface area contributed by atoms with Crippen molar-refractivity contribution in [2.45, 2.75) is 47.0 Å². The highest BCUT2D eigenvalue weighted by Crippen LogP contribution is 2.36. The molecule has 0 aromatic heterocycles. The number of nitrogens with zero attached hydrogens (tertiary/aromatic N) is 1. The largest absolute Gasteiger partial charge is 0.367 e. The van der Waals surface area contributed by atoms with E-state index >= 15 is 0 Å². The summed E-state index contributed by atoms with van der Waals surface area (Å²) < 4.78 is 0. The summed E-state index contributed by atoms with van der Waals surface area (Å²) in [7, 11) is 0. The first-order valence-corrected chi connectivity index (χ1v) is 8.85. The summed E-state index contributed by atoms with van der Waals surface area (Å²) in [5.41, 5.74) is 7.46. The predicted octanol–water partition coefficient (Wildman–Crippen LogP) is 5.60. The average molecular weight is 295 g/mol. The van der Waals surface area contributed by atoms with E-state index in [2.05, 4.69) is 47.4 Å². The first kappa shape index (κ1) is 16.6. The summed E-state index contributed by atoms with van der Waals surface area (Å²) >= 11 is 0. The Labute approximate surface area is 136 Å². The molecule has 0 spiro atoms. The third-order valence-electron chi connectivity index (χ3n) is 4.28. The van der Waals surface area contributed by atoms with Crippen molar-refractivity contribution in [2.75, 3.05) is 13.1 Å². The zero-order chi connectivity index (χ0) is 15.9. The lowest BCUT2D eigenvalue weighted by atomic mass is 9.88. The van der Waals surface area contributed by atoms with Crippen molar-refractivity contribution in [1.82, 2.24) is 4.90 Å². The van der Waals surface area contributed by atoms with E-state index in [-0.39, 0.29) is 0 Å². The summed E-state index contributed by atoms with van der Waals surface area (Å²) in [4.78, 5) is 2.56. The van der Waals surface area contributed by atoms with Gasteiger partial charge in [0.15, 0.2) is 0 Å². The van der Waals surface area contributed by atoms with Crippen LogP contribution >= 0.6 is 0 Å². The molecule has 22 heavy (non-hydrogen) atoms. The number of hydrogen-bond acceptors (Lipinski definition) is 1. The molecule has 0 N–H and O–H groups in total. The second kappa shape index (κ2) is 8.03. The molecule has 0 fully saturated rings. The van der Waals surface area contributed by atoms with Crippen LogP contribution in [0.15, 0.2) is 53.6 Å². The Morgan fingerprint density at radius 2 is 1.73 bits per heavy atom. The molecule has 0 saturated heterocycles. The zero-order valence-corrected chi connectivity index (χ0v) is 14.5. The summed E-state index contributed by atoms with van der Waals surface area (Å²) in [6, 6.07) is 8.85. The van der Waals surface area contributed by atoms with Crippen molar-refractivity contribution in [1.29, 1.82) is 0 Å². The molecule has 0 amide bonds. The molecule has 4 rings (SSSR count). The quantitative estimate of drug-likeness (QED) is 0.602. The maximum absolute atomic E-state index is 2.56. The molecule has 1 aromatic rings. The third-order valence-corrected chi connectivity index (χ3v) is 4.28. The normalized spacial score (nSPS) is 17.8. The first-order chi connectivity index (χ1) is 10.9. The average Bonchev–Trinajstić information content (AvgIpc) is 2.63. The van der Waals surface area contributed by atoms with Gasteiger partial charge in [0.2, 0.25) is 0 Å². The number of allylic oxidation sites excluding steroid dienone is 4. The van der Waals surface area contributed by atoms with Gasteiger partial charge < -0.3 is 4.90 Å². The molecule has 1 heteroatoms. The van der Waals surface area contributed by atoms with Crippen molar-refractivity contribution in [2.24, 2.45) is 0 Å². The van der Waals surface area contributed by atoms with Crippen molar-refractivity contribution in [3.8, 4) is 0 Å². The number of rotatable bonds is 0. The van der Waals surface area contributed by atoms with Gasteiger partial charge in [0.1, 0.15) is 0 Å². The van der Waals surface area contributed by atoms with Gasteiger partial charge in [-0.1, -0.05) is 64.1 Å². The maximum atomic E-state index is 2.56. The van der Waals surface area contributed by atoms with Gasteiger partial charge >= 0.3 is 0 Å². The van der Waals surface area contributed by atoms with Gasteiger partial charge in [0.05, 0.1) is 0 Å². The fourth-order valence-electron chi connectivity index (χ4n) is 3.30.